The number of fused-ring (bicyclic) bond motifs is 1. The molecule has 0 amide bonds. The average molecular weight is 203 g/mol. The summed E-state index contributed by atoms with van der Waals surface area (Å²) in [6, 6.07) is 7.62. The summed E-state index contributed by atoms with van der Waals surface area (Å²) in [5.74, 6) is 0.705. The summed E-state index contributed by atoms with van der Waals surface area (Å²) >= 11 is 0. The van der Waals surface area contributed by atoms with Gasteiger partial charge in [0.1, 0.15) is 11.8 Å². The number of ether oxygens (including phenoxy) is 1. The summed E-state index contributed by atoms with van der Waals surface area (Å²) in [5.41, 5.74) is 2.12. The fourth-order valence-corrected chi connectivity index (χ4v) is 1.88. The summed E-state index contributed by atoms with van der Waals surface area (Å²) < 4.78 is 5.38. The summed E-state index contributed by atoms with van der Waals surface area (Å²) in [7, 11) is 0. The van der Waals surface area contributed by atoms with Crippen LogP contribution in [0.15, 0.2) is 18.2 Å². The van der Waals surface area contributed by atoms with E-state index >= 15 is 0 Å². The first kappa shape index (κ1) is 10.0. The highest BCUT2D eigenvalue weighted by atomic mass is 16.5. The van der Waals surface area contributed by atoms with Crippen molar-refractivity contribution >= 4 is 0 Å². The second kappa shape index (κ2) is 3.92. The summed E-state index contributed by atoms with van der Waals surface area (Å²) in [4.78, 5) is 0. The summed E-state index contributed by atoms with van der Waals surface area (Å²) in [6.07, 6.45) is 0.901. The van der Waals surface area contributed by atoms with Crippen LogP contribution in [0.3, 0.4) is 0 Å². The van der Waals surface area contributed by atoms with E-state index in [4.69, 9.17) is 10.00 Å². The molecule has 0 fully saturated rings. The lowest BCUT2D eigenvalue weighted by Crippen LogP contribution is -2.08. The summed E-state index contributed by atoms with van der Waals surface area (Å²) in [5, 5.41) is 18.2. The van der Waals surface area contributed by atoms with E-state index in [1.807, 2.05) is 18.2 Å². The minimum atomic E-state index is -0.436. The minimum Gasteiger partial charge on any atom is -0.476 e. The van der Waals surface area contributed by atoms with E-state index in [0.717, 1.165) is 24.0 Å². The van der Waals surface area contributed by atoms with Gasteiger partial charge in [0.25, 0.3) is 0 Å². The van der Waals surface area contributed by atoms with Crippen LogP contribution in [0.4, 0.5) is 0 Å². The number of aliphatic hydroxyl groups is 1. The SMILES string of the molecule is CC(C#N)Oc1ccc2c(c1)CCC2O. The highest BCUT2D eigenvalue weighted by molar-refractivity contribution is 5.40. The second-order valence-electron chi connectivity index (χ2n) is 3.80. The van der Waals surface area contributed by atoms with E-state index in [9.17, 15) is 5.11 Å². The number of hydrogen-bond acceptors (Lipinski definition) is 3. The zero-order valence-corrected chi connectivity index (χ0v) is 8.60. The Bertz CT molecular complexity index is 409. The van der Waals surface area contributed by atoms with Gasteiger partial charge >= 0.3 is 0 Å². The topological polar surface area (TPSA) is 53.2 Å². The quantitative estimate of drug-likeness (QED) is 0.799. The van der Waals surface area contributed by atoms with Gasteiger partial charge in [0.15, 0.2) is 6.10 Å². The first-order chi connectivity index (χ1) is 7.20. The average Bonchev–Trinajstić information content (AvgIpc) is 2.60. The van der Waals surface area contributed by atoms with E-state index in [0.29, 0.717) is 5.75 Å². The molecule has 15 heavy (non-hydrogen) atoms. The van der Waals surface area contributed by atoms with Gasteiger partial charge in [-0.2, -0.15) is 5.26 Å². The molecule has 2 rings (SSSR count). The van der Waals surface area contributed by atoms with Crippen LogP contribution in [0, 0.1) is 11.3 Å². The lowest BCUT2D eigenvalue weighted by molar-refractivity contribution is 0.180. The maximum Gasteiger partial charge on any atom is 0.181 e. The van der Waals surface area contributed by atoms with Crippen LogP contribution in [0.1, 0.15) is 30.6 Å². The zero-order chi connectivity index (χ0) is 10.8. The molecule has 0 aliphatic heterocycles. The van der Waals surface area contributed by atoms with E-state index in [1.165, 1.54) is 0 Å². The molecule has 0 heterocycles. The van der Waals surface area contributed by atoms with Gasteiger partial charge in [-0.1, -0.05) is 6.07 Å². The lowest BCUT2D eigenvalue weighted by Gasteiger charge is -2.09. The molecule has 0 aromatic heterocycles. The molecule has 3 nitrogen and oxygen atoms in total. The van der Waals surface area contributed by atoms with Gasteiger partial charge in [0.2, 0.25) is 0 Å². The van der Waals surface area contributed by atoms with Crippen molar-refractivity contribution in [1.29, 1.82) is 5.26 Å². The van der Waals surface area contributed by atoms with E-state index in [1.54, 1.807) is 13.0 Å². The molecule has 0 saturated carbocycles. The van der Waals surface area contributed by atoms with Gasteiger partial charge in [0, 0.05) is 0 Å². The molecule has 2 atom stereocenters. The Hall–Kier alpha value is -1.53. The molecule has 1 aliphatic rings. The Morgan fingerprint density at radius 2 is 2.40 bits per heavy atom. The summed E-state index contributed by atoms with van der Waals surface area (Å²) in [6.45, 7) is 1.71. The van der Waals surface area contributed by atoms with Crippen molar-refractivity contribution in [1.82, 2.24) is 0 Å². The van der Waals surface area contributed by atoms with Gasteiger partial charge in [-0.3, -0.25) is 0 Å². The van der Waals surface area contributed by atoms with E-state index < -0.39 is 6.10 Å². The van der Waals surface area contributed by atoms with E-state index in [-0.39, 0.29) is 6.10 Å². The van der Waals surface area contributed by atoms with Crippen molar-refractivity contribution in [3.63, 3.8) is 0 Å². The zero-order valence-electron chi connectivity index (χ0n) is 8.60. The van der Waals surface area contributed by atoms with Crippen LogP contribution in [-0.4, -0.2) is 11.2 Å². The number of aryl methyl sites for hydroxylation is 1. The molecule has 3 heteroatoms. The molecular formula is C12H13NO2. The Labute approximate surface area is 88.9 Å². The van der Waals surface area contributed by atoms with Gasteiger partial charge in [0.05, 0.1) is 6.10 Å². The highest BCUT2D eigenvalue weighted by Crippen LogP contribution is 2.33. The number of nitrogens with zero attached hydrogens (tertiary/aromatic N) is 1. The minimum absolute atomic E-state index is 0.331. The molecule has 1 N–H and O–H groups in total. The molecule has 2 unspecified atom stereocenters. The molecule has 1 aromatic carbocycles. The standard InChI is InChI=1S/C12H13NO2/c1-8(7-13)15-10-3-4-11-9(6-10)2-5-12(11)14/h3-4,6,8,12,14H,2,5H2,1H3. The van der Waals surface area contributed by atoms with Crippen LogP contribution in [-0.2, 0) is 6.42 Å². The third-order valence-corrected chi connectivity index (χ3v) is 2.66. The Morgan fingerprint density at radius 1 is 1.60 bits per heavy atom. The first-order valence-electron chi connectivity index (χ1n) is 5.08. The Kier molecular flexibility index (Phi) is 2.61. The van der Waals surface area contributed by atoms with Gasteiger partial charge in [-0.05, 0) is 43.0 Å². The monoisotopic (exact) mass is 203 g/mol. The predicted molar refractivity (Wildman–Crippen MR) is 55.4 cm³/mol. The fraction of sp³-hybridized carbons (Fsp3) is 0.417. The Morgan fingerprint density at radius 3 is 3.13 bits per heavy atom. The third-order valence-electron chi connectivity index (χ3n) is 2.66. The highest BCUT2D eigenvalue weighted by Gasteiger charge is 2.20. The second-order valence-corrected chi connectivity index (χ2v) is 3.80. The molecule has 0 saturated heterocycles. The normalized spacial score (nSPS) is 20.5. The Balaban J connectivity index is 2.20. The van der Waals surface area contributed by atoms with Crippen molar-refractivity contribution < 1.29 is 9.84 Å². The number of benzene rings is 1. The van der Waals surface area contributed by atoms with Crippen LogP contribution in [0.25, 0.3) is 0 Å². The molecule has 0 radical (unpaired) electrons. The molecule has 0 bridgehead atoms. The fourth-order valence-electron chi connectivity index (χ4n) is 1.88. The third kappa shape index (κ3) is 1.95. The van der Waals surface area contributed by atoms with Gasteiger partial charge in [-0.25, -0.2) is 0 Å². The maximum atomic E-state index is 9.61. The molecule has 1 aliphatic carbocycles. The van der Waals surface area contributed by atoms with Crippen molar-refractivity contribution in [2.75, 3.05) is 0 Å². The number of hydrogen-bond donors (Lipinski definition) is 1. The van der Waals surface area contributed by atoms with Gasteiger partial charge < -0.3 is 9.84 Å². The van der Waals surface area contributed by atoms with Crippen molar-refractivity contribution in [2.45, 2.75) is 32.0 Å². The molecule has 0 spiro atoms. The molecule has 78 valence electrons. The van der Waals surface area contributed by atoms with Crippen LogP contribution < -0.4 is 4.74 Å². The largest absolute Gasteiger partial charge is 0.476 e. The van der Waals surface area contributed by atoms with Crippen molar-refractivity contribution in [3.05, 3.63) is 29.3 Å². The molecule has 1 aromatic rings. The maximum absolute atomic E-state index is 9.61. The van der Waals surface area contributed by atoms with E-state index in [2.05, 4.69) is 0 Å². The number of aliphatic hydroxyl groups excluding tert-OH is 1. The smallest absolute Gasteiger partial charge is 0.181 e. The molecular weight excluding hydrogens is 190 g/mol. The predicted octanol–water partition coefficient (Wildman–Crippen LogP) is 1.96. The lowest BCUT2D eigenvalue weighted by atomic mass is 10.1. The van der Waals surface area contributed by atoms with Gasteiger partial charge in [-0.15, -0.1) is 0 Å². The van der Waals surface area contributed by atoms with Crippen LogP contribution >= 0.6 is 0 Å². The first-order valence-corrected chi connectivity index (χ1v) is 5.08. The van der Waals surface area contributed by atoms with Crippen LogP contribution in [0.5, 0.6) is 5.75 Å². The number of rotatable bonds is 2. The van der Waals surface area contributed by atoms with Crippen molar-refractivity contribution in [2.24, 2.45) is 0 Å². The van der Waals surface area contributed by atoms with Crippen LogP contribution in [0.2, 0.25) is 0 Å². The number of nitriles is 1. The van der Waals surface area contributed by atoms with Crippen molar-refractivity contribution in [3.8, 4) is 11.8 Å².